The zero-order valence-electron chi connectivity index (χ0n) is 16.6. The Labute approximate surface area is 180 Å². The molecule has 1 aliphatic heterocycles. The highest BCUT2D eigenvalue weighted by Crippen LogP contribution is 2.32. The molecule has 4 aromatic rings. The van der Waals surface area contributed by atoms with Crippen molar-refractivity contribution in [1.82, 2.24) is 14.1 Å². The van der Waals surface area contributed by atoms with Gasteiger partial charge >= 0.3 is 5.69 Å². The first-order valence-corrected chi connectivity index (χ1v) is 9.71. The van der Waals surface area contributed by atoms with Gasteiger partial charge in [-0.15, -0.1) is 0 Å². The van der Waals surface area contributed by atoms with Crippen molar-refractivity contribution in [3.63, 3.8) is 0 Å². The largest absolute Gasteiger partial charge is 0.454 e. The van der Waals surface area contributed by atoms with Gasteiger partial charge in [0.2, 0.25) is 6.79 Å². The summed E-state index contributed by atoms with van der Waals surface area (Å²) >= 11 is 0. The van der Waals surface area contributed by atoms with E-state index in [9.17, 15) is 19.7 Å². The van der Waals surface area contributed by atoms with Crippen molar-refractivity contribution in [2.24, 2.45) is 0 Å². The molecule has 0 atom stereocenters. The predicted molar refractivity (Wildman–Crippen MR) is 114 cm³/mol. The summed E-state index contributed by atoms with van der Waals surface area (Å²) in [5.41, 5.74) is 0.884. The average Bonchev–Trinajstić information content (AvgIpc) is 3.28. The van der Waals surface area contributed by atoms with Crippen molar-refractivity contribution in [3.05, 3.63) is 103 Å². The van der Waals surface area contributed by atoms with Gasteiger partial charge in [0.25, 0.3) is 11.2 Å². The molecule has 0 saturated carbocycles. The Morgan fingerprint density at radius 3 is 2.44 bits per heavy atom. The van der Waals surface area contributed by atoms with Gasteiger partial charge in [0.05, 0.1) is 23.5 Å². The van der Waals surface area contributed by atoms with Crippen LogP contribution < -0.4 is 20.7 Å². The summed E-state index contributed by atoms with van der Waals surface area (Å²) in [6.07, 6.45) is 1.50. The second kappa shape index (κ2) is 7.65. The fourth-order valence-corrected chi connectivity index (χ4v) is 3.66. The smallest absolute Gasteiger partial charge is 0.332 e. The SMILES string of the molecule is O=c1c2ncccc2n(Cc2ccc([N+](=O)[O-])cc2)c(=O)n1Cc1ccc2c(c1)OCO2. The number of fused-ring (bicyclic) bond motifs is 2. The van der Waals surface area contributed by atoms with E-state index >= 15 is 0 Å². The van der Waals surface area contributed by atoms with E-state index in [1.807, 2.05) is 0 Å². The van der Waals surface area contributed by atoms with Gasteiger partial charge in [-0.2, -0.15) is 0 Å². The zero-order chi connectivity index (χ0) is 22.2. The number of rotatable bonds is 5. The number of hydrogen-bond donors (Lipinski definition) is 0. The van der Waals surface area contributed by atoms with Crippen molar-refractivity contribution in [2.75, 3.05) is 6.79 Å². The molecule has 0 bridgehead atoms. The molecule has 32 heavy (non-hydrogen) atoms. The first kappa shape index (κ1) is 19.5. The Balaban J connectivity index is 1.60. The summed E-state index contributed by atoms with van der Waals surface area (Å²) in [7, 11) is 0. The lowest BCUT2D eigenvalue weighted by molar-refractivity contribution is -0.384. The van der Waals surface area contributed by atoms with Gasteiger partial charge in [0.15, 0.2) is 17.0 Å². The predicted octanol–water partition coefficient (Wildman–Crippen LogP) is 2.29. The monoisotopic (exact) mass is 432 g/mol. The molecule has 10 heteroatoms. The molecule has 0 amide bonds. The number of ether oxygens (including phenoxy) is 2. The zero-order valence-corrected chi connectivity index (χ0v) is 16.6. The molecule has 0 N–H and O–H groups in total. The van der Waals surface area contributed by atoms with Crippen molar-refractivity contribution < 1.29 is 14.4 Å². The van der Waals surface area contributed by atoms with E-state index in [1.54, 1.807) is 42.5 Å². The molecule has 10 nitrogen and oxygen atoms in total. The standard InChI is InChI=1S/C22H16N4O6/c27-21-20-17(2-1-9-23-20)24(11-14-3-6-16(7-4-14)26(29)30)22(28)25(21)12-15-5-8-18-19(10-15)32-13-31-18/h1-10H,11-13H2. The number of nitrogens with zero attached hydrogens (tertiary/aromatic N) is 4. The van der Waals surface area contributed by atoms with E-state index in [-0.39, 0.29) is 31.1 Å². The van der Waals surface area contributed by atoms with Gasteiger partial charge < -0.3 is 9.47 Å². The summed E-state index contributed by atoms with van der Waals surface area (Å²) in [6, 6.07) is 14.5. The van der Waals surface area contributed by atoms with Crippen LogP contribution >= 0.6 is 0 Å². The third kappa shape index (κ3) is 3.37. The fourth-order valence-electron chi connectivity index (χ4n) is 3.66. The molecule has 0 fully saturated rings. The van der Waals surface area contributed by atoms with Crippen LogP contribution in [0.5, 0.6) is 11.5 Å². The first-order chi connectivity index (χ1) is 15.5. The summed E-state index contributed by atoms with van der Waals surface area (Å²) in [4.78, 5) is 41.0. The van der Waals surface area contributed by atoms with E-state index in [0.29, 0.717) is 28.1 Å². The van der Waals surface area contributed by atoms with Crippen LogP contribution in [0, 0.1) is 10.1 Å². The normalized spacial score (nSPS) is 12.2. The maximum atomic E-state index is 13.4. The molecule has 0 saturated heterocycles. The van der Waals surface area contributed by atoms with Crippen LogP contribution in [-0.2, 0) is 13.1 Å². The Morgan fingerprint density at radius 2 is 1.66 bits per heavy atom. The van der Waals surface area contributed by atoms with Crippen LogP contribution in [0.2, 0.25) is 0 Å². The van der Waals surface area contributed by atoms with Crippen molar-refractivity contribution >= 4 is 16.7 Å². The van der Waals surface area contributed by atoms with E-state index in [2.05, 4.69) is 4.98 Å². The van der Waals surface area contributed by atoms with Gasteiger partial charge in [-0.1, -0.05) is 18.2 Å². The minimum Gasteiger partial charge on any atom is -0.454 e. The van der Waals surface area contributed by atoms with Gasteiger partial charge in [-0.05, 0) is 35.4 Å². The van der Waals surface area contributed by atoms with Gasteiger partial charge in [-0.25, -0.2) is 9.78 Å². The molecule has 0 radical (unpaired) electrons. The topological polar surface area (TPSA) is 118 Å². The van der Waals surface area contributed by atoms with Gasteiger partial charge in [-0.3, -0.25) is 24.0 Å². The summed E-state index contributed by atoms with van der Waals surface area (Å²) in [5.74, 6) is 1.16. The van der Waals surface area contributed by atoms with Crippen molar-refractivity contribution in [2.45, 2.75) is 13.1 Å². The van der Waals surface area contributed by atoms with E-state index in [0.717, 1.165) is 4.57 Å². The van der Waals surface area contributed by atoms with Gasteiger partial charge in [0, 0.05) is 18.3 Å². The highest BCUT2D eigenvalue weighted by Gasteiger charge is 2.17. The fraction of sp³-hybridized carbons (Fsp3) is 0.136. The quantitative estimate of drug-likeness (QED) is 0.351. The highest BCUT2D eigenvalue weighted by atomic mass is 16.7. The van der Waals surface area contributed by atoms with Crippen LogP contribution in [0.15, 0.2) is 70.4 Å². The third-order valence-corrected chi connectivity index (χ3v) is 5.25. The number of hydrogen-bond acceptors (Lipinski definition) is 7. The van der Waals surface area contributed by atoms with Crippen molar-refractivity contribution in [1.29, 1.82) is 0 Å². The lowest BCUT2D eigenvalue weighted by Crippen LogP contribution is -2.40. The molecular formula is C22H16N4O6. The molecule has 3 heterocycles. The van der Waals surface area contributed by atoms with Crippen LogP contribution in [-0.4, -0.2) is 25.8 Å². The lowest BCUT2D eigenvalue weighted by Gasteiger charge is -2.14. The maximum Gasteiger partial charge on any atom is 0.332 e. The Hall–Kier alpha value is -4.47. The number of benzene rings is 2. The number of aromatic nitrogens is 3. The van der Waals surface area contributed by atoms with E-state index in [4.69, 9.17) is 9.47 Å². The van der Waals surface area contributed by atoms with Crippen LogP contribution in [0.25, 0.3) is 11.0 Å². The average molecular weight is 432 g/mol. The maximum absolute atomic E-state index is 13.4. The van der Waals surface area contributed by atoms with Crippen LogP contribution in [0.3, 0.4) is 0 Å². The second-order valence-electron chi connectivity index (χ2n) is 7.24. The first-order valence-electron chi connectivity index (χ1n) is 9.71. The highest BCUT2D eigenvalue weighted by molar-refractivity contribution is 5.73. The Morgan fingerprint density at radius 1 is 0.938 bits per heavy atom. The lowest BCUT2D eigenvalue weighted by atomic mass is 10.2. The summed E-state index contributed by atoms with van der Waals surface area (Å²) < 4.78 is 13.3. The molecule has 5 rings (SSSR count). The molecule has 160 valence electrons. The molecule has 2 aromatic heterocycles. The summed E-state index contributed by atoms with van der Waals surface area (Å²) in [6.45, 7) is 0.280. The van der Waals surface area contributed by atoms with Crippen LogP contribution in [0.1, 0.15) is 11.1 Å². The molecule has 0 unspecified atom stereocenters. The molecule has 0 aliphatic carbocycles. The number of non-ortho nitro benzene ring substituents is 1. The minimum atomic E-state index is -0.508. The van der Waals surface area contributed by atoms with Gasteiger partial charge in [0.1, 0.15) is 0 Å². The number of nitro groups is 1. The molecule has 1 aliphatic rings. The number of nitro benzene ring substituents is 1. The Kier molecular flexibility index (Phi) is 4.66. The van der Waals surface area contributed by atoms with E-state index < -0.39 is 16.2 Å². The second-order valence-corrected chi connectivity index (χ2v) is 7.24. The minimum absolute atomic E-state index is 0.0289. The molecule has 0 spiro atoms. The van der Waals surface area contributed by atoms with E-state index in [1.165, 1.54) is 22.9 Å². The Bertz CT molecular complexity index is 1470. The summed E-state index contributed by atoms with van der Waals surface area (Å²) in [5, 5.41) is 10.9. The number of pyridine rings is 1. The molecule has 2 aromatic carbocycles. The third-order valence-electron chi connectivity index (χ3n) is 5.25. The van der Waals surface area contributed by atoms with Crippen LogP contribution in [0.4, 0.5) is 5.69 Å². The van der Waals surface area contributed by atoms with Crippen molar-refractivity contribution in [3.8, 4) is 11.5 Å². The molecular weight excluding hydrogens is 416 g/mol.